The van der Waals surface area contributed by atoms with Gasteiger partial charge in [-0.25, -0.2) is 4.52 Å². The fraction of sp³-hybridized carbons (Fsp3) is 0.318. The normalized spacial score (nSPS) is 14.6. The van der Waals surface area contributed by atoms with Crippen LogP contribution in [0.25, 0.3) is 16.6 Å². The first-order chi connectivity index (χ1) is 13.9. The lowest BCUT2D eigenvalue weighted by Crippen LogP contribution is -2.22. The lowest BCUT2D eigenvalue weighted by atomic mass is 10.1. The monoisotopic (exact) mass is 391 g/mol. The van der Waals surface area contributed by atoms with Crippen LogP contribution in [0.2, 0.25) is 0 Å². The topological polar surface area (TPSA) is 102 Å². The number of nitrogens with one attached hydrogen (secondary N) is 2. The first kappa shape index (κ1) is 19.0. The molecule has 1 atom stereocenters. The second kappa shape index (κ2) is 7.58. The molecule has 0 spiro atoms. The summed E-state index contributed by atoms with van der Waals surface area (Å²) in [5.74, 6) is 0.0923. The minimum atomic E-state index is -0.490. The summed E-state index contributed by atoms with van der Waals surface area (Å²) in [6.07, 6.45) is 5.88. The maximum absolute atomic E-state index is 12.0. The van der Waals surface area contributed by atoms with E-state index in [1.165, 1.54) is 26.0 Å². The Morgan fingerprint density at radius 2 is 1.97 bits per heavy atom. The highest BCUT2D eigenvalue weighted by atomic mass is 16.1. The Bertz CT molecular complexity index is 1070. The molecule has 4 rings (SSSR count). The number of fused-ring (bicyclic) bond motifs is 1. The molecule has 3 aromatic rings. The van der Waals surface area contributed by atoms with E-state index in [-0.39, 0.29) is 11.9 Å². The highest BCUT2D eigenvalue weighted by Crippen LogP contribution is 2.36. The maximum atomic E-state index is 12.0. The highest BCUT2D eigenvalue weighted by molar-refractivity contribution is 6.02. The second-order valence-corrected chi connectivity index (χ2v) is 7.73. The van der Waals surface area contributed by atoms with Crippen molar-refractivity contribution in [3.63, 3.8) is 0 Å². The fourth-order valence-electron chi connectivity index (χ4n) is 3.54. The van der Waals surface area contributed by atoms with Gasteiger partial charge in [-0.15, -0.1) is 0 Å². The van der Waals surface area contributed by atoms with Gasteiger partial charge >= 0.3 is 0 Å². The molecule has 1 unspecified atom stereocenters. The summed E-state index contributed by atoms with van der Waals surface area (Å²) in [6, 6.07) is 10.3. The zero-order valence-corrected chi connectivity index (χ0v) is 16.6. The Kier molecular flexibility index (Phi) is 4.96. The molecule has 0 saturated heterocycles. The lowest BCUT2D eigenvalue weighted by Gasteiger charge is -2.17. The quantitative estimate of drug-likeness (QED) is 0.576. The summed E-state index contributed by atoms with van der Waals surface area (Å²) in [4.78, 5) is 23.0. The van der Waals surface area contributed by atoms with Gasteiger partial charge < -0.3 is 16.4 Å². The highest BCUT2D eigenvalue weighted by Gasteiger charge is 2.29. The lowest BCUT2D eigenvalue weighted by molar-refractivity contribution is -0.119. The third-order valence-electron chi connectivity index (χ3n) is 5.43. The van der Waals surface area contributed by atoms with Crippen LogP contribution in [0, 0.1) is 5.92 Å². The van der Waals surface area contributed by atoms with Crippen LogP contribution in [0.15, 0.2) is 42.7 Å². The van der Waals surface area contributed by atoms with E-state index in [1.807, 2.05) is 36.5 Å². The van der Waals surface area contributed by atoms with Gasteiger partial charge in [0, 0.05) is 31.3 Å². The molecule has 7 heteroatoms. The van der Waals surface area contributed by atoms with Gasteiger partial charge in [-0.1, -0.05) is 24.3 Å². The van der Waals surface area contributed by atoms with E-state index >= 15 is 0 Å². The molecular weight excluding hydrogens is 366 g/mol. The second-order valence-electron chi connectivity index (χ2n) is 7.73. The summed E-state index contributed by atoms with van der Waals surface area (Å²) >= 11 is 0. The van der Waals surface area contributed by atoms with Crippen LogP contribution in [0.4, 0.5) is 5.69 Å². The zero-order valence-electron chi connectivity index (χ0n) is 16.6. The van der Waals surface area contributed by atoms with Crippen LogP contribution in [0.5, 0.6) is 0 Å². The van der Waals surface area contributed by atoms with Crippen molar-refractivity contribution in [2.45, 2.75) is 39.3 Å². The molecule has 2 aromatic heterocycles. The fourth-order valence-corrected chi connectivity index (χ4v) is 3.54. The Balaban J connectivity index is 1.67. The van der Waals surface area contributed by atoms with Crippen LogP contribution in [0.3, 0.4) is 0 Å². The Labute approximate surface area is 169 Å². The number of amides is 2. The van der Waals surface area contributed by atoms with E-state index in [0.717, 1.165) is 27.9 Å². The molecule has 0 bridgehead atoms. The molecule has 0 radical (unpaired) electrons. The number of aromatic nitrogens is 2. The van der Waals surface area contributed by atoms with Crippen molar-refractivity contribution >= 4 is 23.0 Å². The number of benzene rings is 1. The predicted molar refractivity (Wildman–Crippen MR) is 112 cm³/mol. The molecule has 2 amide bonds. The SMILES string of the molecule is CC(=O)NCc1ccc(-c2cc3c(NC(C)C4CC4)c(C(N)=O)cnn3c2)cc1. The third-order valence-corrected chi connectivity index (χ3v) is 5.43. The van der Waals surface area contributed by atoms with Gasteiger partial charge in [-0.05, 0) is 42.9 Å². The minimum Gasteiger partial charge on any atom is -0.380 e. The van der Waals surface area contributed by atoms with E-state index in [2.05, 4.69) is 22.7 Å². The number of primary amides is 1. The molecule has 0 aliphatic heterocycles. The van der Waals surface area contributed by atoms with Crippen LogP contribution < -0.4 is 16.4 Å². The molecule has 29 heavy (non-hydrogen) atoms. The van der Waals surface area contributed by atoms with Crippen LogP contribution in [-0.4, -0.2) is 27.5 Å². The summed E-state index contributed by atoms with van der Waals surface area (Å²) in [6.45, 7) is 4.14. The smallest absolute Gasteiger partial charge is 0.252 e. The Morgan fingerprint density at radius 3 is 2.59 bits per heavy atom. The summed E-state index contributed by atoms with van der Waals surface area (Å²) < 4.78 is 1.77. The average Bonchev–Trinajstić information content (AvgIpc) is 3.45. The number of hydrogen-bond acceptors (Lipinski definition) is 4. The first-order valence-corrected chi connectivity index (χ1v) is 9.84. The van der Waals surface area contributed by atoms with Crippen molar-refractivity contribution in [2.75, 3.05) is 5.32 Å². The standard InChI is InChI=1S/C22H25N5O2/c1-13(16-7-8-16)26-21-19(22(23)29)11-25-27-12-18(9-20(21)27)17-5-3-15(4-6-17)10-24-14(2)28/h3-6,9,11-13,16,26H,7-8,10H2,1-2H3,(H2,23,29)(H,24,28). The van der Waals surface area contributed by atoms with E-state index in [9.17, 15) is 9.59 Å². The third kappa shape index (κ3) is 4.08. The van der Waals surface area contributed by atoms with E-state index in [0.29, 0.717) is 18.0 Å². The van der Waals surface area contributed by atoms with E-state index in [4.69, 9.17) is 5.73 Å². The van der Waals surface area contributed by atoms with Gasteiger partial charge in [0.05, 0.1) is 23.0 Å². The molecule has 1 aromatic carbocycles. The number of nitrogens with zero attached hydrogens (tertiary/aromatic N) is 2. The zero-order chi connectivity index (χ0) is 20.5. The van der Waals surface area contributed by atoms with Crippen LogP contribution in [0.1, 0.15) is 42.6 Å². The van der Waals surface area contributed by atoms with Crippen LogP contribution in [-0.2, 0) is 11.3 Å². The molecule has 4 N–H and O–H groups in total. The number of carbonyl (C=O) groups excluding carboxylic acids is 2. The van der Waals surface area contributed by atoms with Crippen molar-refractivity contribution < 1.29 is 9.59 Å². The Hall–Kier alpha value is -3.35. The molecular formula is C22H25N5O2. The molecule has 2 heterocycles. The molecule has 1 aliphatic rings. The van der Waals surface area contributed by atoms with Gasteiger partial charge in [-0.3, -0.25) is 9.59 Å². The van der Waals surface area contributed by atoms with E-state index in [1.54, 1.807) is 4.52 Å². The van der Waals surface area contributed by atoms with Gasteiger partial charge in [0.25, 0.3) is 5.91 Å². The van der Waals surface area contributed by atoms with Crippen molar-refractivity contribution in [1.29, 1.82) is 0 Å². The number of rotatable bonds is 7. The van der Waals surface area contributed by atoms with Gasteiger partial charge in [0.2, 0.25) is 5.91 Å². The molecule has 1 saturated carbocycles. The molecule has 7 nitrogen and oxygen atoms in total. The van der Waals surface area contributed by atoms with Gasteiger partial charge in [0.1, 0.15) is 0 Å². The number of anilines is 1. The van der Waals surface area contributed by atoms with Crippen molar-refractivity contribution in [1.82, 2.24) is 14.9 Å². The van der Waals surface area contributed by atoms with Gasteiger partial charge in [0.15, 0.2) is 0 Å². The number of nitrogens with two attached hydrogens (primary N) is 1. The number of carbonyl (C=O) groups is 2. The summed E-state index contributed by atoms with van der Waals surface area (Å²) in [7, 11) is 0. The molecule has 150 valence electrons. The van der Waals surface area contributed by atoms with Gasteiger partial charge in [-0.2, -0.15) is 5.10 Å². The number of hydrogen-bond donors (Lipinski definition) is 3. The molecule has 1 fully saturated rings. The van der Waals surface area contributed by atoms with Crippen molar-refractivity contribution in [3.8, 4) is 11.1 Å². The maximum Gasteiger partial charge on any atom is 0.252 e. The summed E-state index contributed by atoms with van der Waals surface area (Å²) in [5, 5.41) is 10.7. The molecule has 1 aliphatic carbocycles. The Morgan fingerprint density at radius 1 is 1.24 bits per heavy atom. The largest absolute Gasteiger partial charge is 0.380 e. The van der Waals surface area contributed by atoms with Crippen molar-refractivity contribution in [2.24, 2.45) is 11.7 Å². The van der Waals surface area contributed by atoms with Crippen LogP contribution >= 0.6 is 0 Å². The first-order valence-electron chi connectivity index (χ1n) is 9.84. The minimum absolute atomic E-state index is 0.0513. The average molecular weight is 391 g/mol. The van der Waals surface area contributed by atoms with Crippen molar-refractivity contribution in [3.05, 3.63) is 53.9 Å². The predicted octanol–water partition coefficient (Wildman–Crippen LogP) is 2.95. The summed E-state index contributed by atoms with van der Waals surface area (Å²) in [5.41, 5.74) is 10.6. The van der Waals surface area contributed by atoms with E-state index < -0.39 is 5.91 Å².